The third-order valence-corrected chi connectivity index (χ3v) is 2.79. The second-order valence-corrected chi connectivity index (χ2v) is 5.02. The zero-order chi connectivity index (χ0) is 15.2. The van der Waals surface area contributed by atoms with E-state index in [9.17, 15) is 15.0 Å². The van der Waals surface area contributed by atoms with E-state index in [1.165, 1.54) is 24.3 Å². The van der Waals surface area contributed by atoms with Crippen molar-refractivity contribution in [3.8, 4) is 5.75 Å². The number of phenolic OH excluding ortho intramolecular Hbond substituents is 1. The van der Waals surface area contributed by atoms with Crippen LogP contribution in [-0.2, 0) is 4.74 Å². The number of phenols is 1. The number of rotatable bonds is 7. The van der Waals surface area contributed by atoms with E-state index in [0.717, 1.165) is 0 Å². The molecule has 0 saturated heterocycles. The number of benzene rings is 1. The highest BCUT2D eigenvalue weighted by molar-refractivity contribution is 5.89. The first-order valence-corrected chi connectivity index (χ1v) is 6.41. The molecule has 20 heavy (non-hydrogen) atoms. The molecule has 1 aromatic carbocycles. The predicted molar refractivity (Wildman–Crippen MR) is 73.0 cm³/mol. The van der Waals surface area contributed by atoms with Crippen LogP contribution in [0.1, 0.15) is 30.6 Å². The molecule has 6 nitrogen and oxygen atoms in total. The van der Waals surface area contributed by atoms with Crippen LogP contribution in [0.5, 0.6) is 5.75 Å². The Kier molecular flexibility index (Phi) is 5.94. The molecule has 0 fully saturated rings. The molecule has 0 aromatic heterocycles. The normalized spacial score (nSPS) is 14.1. The lowest BCUT2D eigenvalue weighted by molar-refractivity contribution is -0.0884. The van der Waals surface area contributed by atoms with Gasteiger partial charge in [-0.3, -0.25) is 5.32 Å². The Bertz CT molecular complexity index is 432. The number of aliphatic hydroxyl groups excluding tert-OH is 2. The topological polar surface area (TPSA) is 99.0 Å². The Labute approximate surface area is 118 Å². The summed E-state index contributed by atoms with van der Waals surface area (Å²) in [5.41, 5.74) is -1.07. The SMILES string of the molecule is CC(C)CC(CO)(NCO)OC(=O)c1ccc(O)cc1. The van der Waals surface area contributed by atoms with Crippen molar-refractivity contribution in [3.63, 3.8) is 0 Å². The molecule has 1 unspecified atom stereocenters. The van der Waals surface area contributed by atoms with Crippen molar-refractivity contribution in [3.05, 3.63) is 29.8 Å². The predicted octanol–water partition coefficient (Wildman–Crippen LogP) is 0.823. The molecule has 0 spiro atoms. The fraction of sp³-hybridized carbons (Fsp3) is 0.500. The number of ether oxygens (including phenoxy) is 1. The number of hydrogen-bond acceptors (Lipinski definition) is 6. The molecule has 0 aliphatic heterocycles. The van der Waals surface area contributed by atoms with Gasteiger partial charge in [0, 0.05) is 6.42 Å². The van der Waals surface area contributed by atoms with Gasteiger partial charge in [0.05, 0.1) is 18.9 Å². The minimum absolute atomic E-state index is 0.0469. The largest absolute Gasteiger partial charge is 0.508 e. The lowest BCUT2D eigenvalue weighted by atomic mass is 10.0. The number of aromatic hydroxyl groups is 1. The molecule has 1 aromatic rings. The first-order chi connectivity index (χ1) is 9.42. The van der Waals surface area contributed by atoms with Crippen LogP contribution in [0.15, 0.2) is 24.3 Å². The molecule has 0 saturated carbocycles. The van der Waals surface area contributed by atoms with Crippen LogP contribution in [0.3, 0.4) is 0 Å². The minimum atomic E-state index is -1.32. The molecule has 112 valence electrons. The van der Waals surface area contributed by atoms with Crippen molar-refractivity contribution < 1.29 is 24.9 Å². The zero-order valence-electron chi connectivity index (χ0n) is 11.7. The Balaban J connectivity index is 2.87. The van der Waals surface area contributed by atoms with Gasteiger partial charge in [-0.15, -0.1) is 0 Å². The fourth-order valence-corrected chi connectivity index (χ4v) is 1.94. The smallest absolute Gasteiger partial charge is 0.339 e. The van der Waals surface area contributed by atoms with Gasteiger partial charge in [-0.25, -0.2) is 4.79 Å². The average molecular weight is 283 g/mol. The van der Waals surface area contributed by atoms with Crippen molar-refractivity contribution in [2.24, 2.45) is 5.92 Å². The third kappa shape index (κ3) is 4.48. The maximum Gasteiger partial charge on any atom is 0.339 e. The van der Waals surface area contributed by atoms with E-state index < -0.39 is 25.0 Å². The second-order valence-electron chi connectivity index (χ2n) is 5.02. The van der Waals surface area contributed by atoms with E-state index >= 15 is 0 Å². The molecular formula is C14H21NO5. The van der Waals surface area contributed by atoms with Crippen LogP contribution in [0.25, 0.3) is 0 Å². The summed E-state index contributed by atoms with van der Waals surface area (Å²) in [6.45, 7) is 2.96. The molecule has 0 aliphatic carbocycles. The van der Waals surface area contributed by atoms with Crippen molar-refractivity contribution in [1.29, 1.82) is 0 Å². The van der Waals surface area contributed by atoms with Crippen molar-refractivity contribution in [1.82, 2.24) is 5.32 Å². The van der Waals surface area contributed by atoms with Gasteiger partial charge in [0.25, 0.3) is 0 Å². The number of aliphatic hydroxyl groups is 2. The summed E-state index contributed by atoms with van der Waals surface area (Å²) in [5.74, 6) is -0.444. The third-order valence-electron chi connectivity index (χ3n) is 2.79. The van der Waals surface area contributed by atoms with Crippen LogP contribution in [-0.4, -0.2) is 40.4 Å². The molecule has 0 radical (unpaired) electrons. The van der Waals surface area contributed by atoms with Crippen molar-refractivity contribution in [2.45, 2.75) is 26.0 Å². The number of carbonyl (C=O) groups is 1. The molecule has 4 N–H and O–H groups in total. The Morgan fingerprint density at radius 2 is 1.90 bits per heavy atom. The molecule has 0 amide bonds. The number of carbonyl (C=O) groups excluding carboxylic acids is 1. The first kappa shape index (κ1) is 16.4. The number of hydrogen-bond donors (Lipinski definition) is 4. The number of nitrogens with one attached hydrogen (secondary N) is 1. The van der Waals surface area contributed by atoms with E-state index in [1.54, 1.807) is 0 Å². The summed E-state index contributed by atoms with van der Waals surface area (Å²) < 4.78 is 5.32. The molecule has 1 rings (SSSR count). The summed E-state index contributed by atoms with van der Waals surface area (Å²) >= 11 is 0. The lowest BCUT2D eigenvalue weighted by Crippen LogP contribution is -2.53. The van der Waals surface area contributed by atoms with Gasteiger partial charge < -0.3 is 20.1 Å². The van der Waals surface area contributed by atoms with Gasteiger partial charge >= 0.3 is 5.97 Å². The Morgan fingerprint density at radius 1 is 1.30 bits per heavy atom. The van der Waals surface area contributed by atoms with Gasteiger partial charge in [0.15, 0.2) is 5.72 Å². The Morgan fingerprint density at radius 3 is 2.35 bits per heavy atom. The van der Waals surface area contributed by atoms with Crippen LogP contribution >= 0.6 is 0 Å². The maximum atomic E-state index is 12.1. The first-order valence-electron chi connectivity index (χ1n) is 6.41. The highest BCUT2D eigenvalue weighted by Gasteiger charge is 2.34. The summed E-state index contributed by atoms with van der Waals surface area (Å²) in [7, 11) is 0. The standard InChI is InChI=1S/C14H21NO5/c1-10(2)7-14(8-16,15-9-17)20-13(19)11-3-5-12(18)6-4-11/h3-6,10,15-18H,7-9H2,1-2H3. The van der Waals surface area contributed by atoms with E-state index in [0.29, 0.717) is 6.42 Å². The lowest BCUT2D eigenvalue weighted by Gasteiger charge is -2.33. The average Bonchev–Trinajstić information content (AvgIpc) is 2.38. The molecule has 0 heterocycles. The minimum Gasteiger partial charge on any atom is -0.508 e. The molecular weight excluding hydrogens is 262 g/mol. The van der Waals surface area contributed by atoms with Gasteiger partial charge in [-0.1, -0.05) is 13.8 Å². The number of esters is 1. The monoisotopic (exact) mass is 283 g/mol. The summed E-state index contributed by atoms with van der Waals surface area (Å²) in [5, 5.41) is 30.3. The Hall–Kier alpha value is -1.63. The summed E-state index contributed by atoms with van der Waals surface area (Å²) in [4.78, 5) is 12.1. The second kappa shape index (κ2) is 7.23. The van der Waals surface area contributed by atoms with Crippen LogP contribution < -0.4 is 5.32 Å². The van der Waals surface area contributed by atoms with E-state index in [2.05, 4.69) is 5.32 Å². The highest BCUT2D eigenvalue weighted by atomic mass is 16.6. The zero-order valence-corrected chi connectivity index (χ0v) is 11.7. The van der Waals surface area contributed by atoms with E-state index in [1.807, 2.05) is 13.8 Å². The van der Waals surface area contributed by atoms with Gasteiger partial charge in [-0.2, -0.15) is 0 Å². The maximum absolute atomic E-state index is 12.1. The van der Waals surface area contributed by atoms with E-state index in [-0.39, 0.29) is 17.2 Å². The van der Waals surface area contributed by atoms with Gasteiger partial charge in [-0.05, 0) is 30.2 Å². The molecule has 1 atom stereocenters. The summed E-state index contributed by atoms with van der Waals surface area (Å²) in [6, 6.07) is 5.60. The van der Waals surface area contributed by atoms with Gasteiger partial charge in [0.1, 0.15) is 5.75 Å². The molecule has 6 heteroatoms. The van der Waals surface area contributed by atoms with Crippen molar-refractivity contribution >= 4 is 5.97 Å². The summed E-state index contributed by atoms with van der Waals surface area (Å²) in [6.07, 6.45) is 0.355. The quantitative estimate of drug-likeness (QED) is 0.437. The van der Waals surface area contributed by atoms with E-state index in [4.69, 9.17) is 9.84 Å². The molecule has 0 aliphatic rings. The molecule has 0 bridgehead atoms. The van der Waals surface area contributed by atoms with Gasteiger partial charge in [0.2, 0.25) is 0 Å². The van der Waals surface area contributed by atoms with Crippen LogP contribution in [0.4, 0.5) is 0 Å². The fourth-order valence-electron chi connectivity index (χ4n) is 1.94. The highest BCUT2D eigenvalue weighted by Crippen LogP contribution is 2.21. The van der Waals surface area contributed by atoms with Crippen molar-refractivity contribution in [2.75, 3.05) is 13.3 Å². The van der Waals surface area contributed by atoms with Crippen LogP contribution in [0, 0.1) is 5.92 Å². The van der Waals surface area contributed by atoms with Crippen LogP contribution in [0.2, 0.25) is 0 Å².